The SMILES string of the molecule is N=C(N)NCCC[CH]C(=O)c1nc(C(N)=O)c(-c2ccccc2)s1. The van der Waals surface area contributed by atoms with Crippen LogP contribution in [-0.2, 0) is 0 Å². The first-order valence-corrected chi connectivity index (χ1v) is 8.12. The molecule has 0 bridgehead atoms. The highest BCUT2D eigenvalue weighted by atomic mass is 32.1. The van der Waals surface area contributed by atoms with Gasteiger partial charge in [-0.25, -0.2) is 4.98 Å². The van der Waals surface area contributed by atoms with Crippen molar-refractivity contribution in [2.24, 2.45) is 11.5 Å². The van der Waals surface area contributed by atoms with Gasteiger partial charge in [0.2, 0.25) is 0 Å². The molecule has 0 spiro atoms. The average molecular weight is 344 g/mol. The number of Topliss-reactive ketones (excluding diaryl/α,β-unsaturated/α-hetero) is 1. The lowest BCUT2D eigenvalue weighted by molar-refractivity contribution is 0.0996. The minimum Gasteiger partial charge on any atom is -0.370 e. The predicted octanol–water partition coefficient (Wildman–Crippen LogP) is 1.56. The van der Waals surface area contributed by atoms with E-state index in [0.29, 0.717) is 24.3 Å². The van der Waals surface area contributed by atoms with Crippen molar-refractivity contribution in [2.45, 2.75) is 12.8 Å². The van der Waals surface area contributed by atoms with Gasteiger partial charge in [0, 0.05) is 13.0 Å². The minimum absolute atomic E-state index is 0.0974. The summed E-state index contributed by atoms with van der Waals surface area (Å²) in [5, 5.41) is 9.94. The molecule has 2 rings (SSSR count). The van der Waals surface area contributed by atoms with Crippen LogP contribution in [0.4, 0.5) is 0 Å². The number of ketones is 1. The summed E-state index contributed by atoms with van der Waals surface area (Å²) in [6.45, 7) is 0.513. The maximum atomic E-state index is 12.2. The van der Waals surface area contributed by atoms with Crippen molar-refractivity contribution in [1.29, 1.82) is 5.41 Å². The summed E-state index contributed by atoms with van der Waals surface area (Å²) in [6.07, 6.45) is 2.69. The summed E-state index contributed by atoms with van der Waals surface area (Å²) >= 11 is 1.16. The zero-order valence-corrected chi connectivity index (χ0v) is 13.7. The van der Waals surface area contributed by atoms with Crippen LogP contribution in [-0.4, -0.2) is 29.2 Å². The zero-order valence-electron chi connectivity index (χ0n) is 12.9. The third kappa shape index (κ3) is 4.63. The summed E-state index contributed by atoms with van der Waals surface area (Å²) in [6, 6.07) is 9.23. The summed E-state index contributed by atoms with van der Waals surface area (Å²) in [4.78, 5) is 28.5. The Bertz CT molecular complexity index is 742. The van der Waals surface area contributed by atoms with Crippen molar-refractivity contribution in [3.8, 4) is 10.4 Å². The van der Waals surface area contributed by atoms with E-state index in [2.05, 4.69) is 10.3 Å². The van der Waals surface area contributed by atoms with Gasteiger partial charge in [0.15, 0.2) is 16.8 Å². The summed E-state index contributed by atoms with van der Waals surface area (Å²) in [5.74, 6) is -0.998. The molecule has 0 aliphatic rings. The molecule has 0 fully saturated rings. The second-order valence-corrected chi connectivity index (χ2v) is 5.98. The molecule has 8 heteroatoms. The third-order valence-corrected chi connectivity index (χ3v) is 4.25. The van der Waals surface area contributed by atoms with Crippen LogP contribution < -0.4 is 16.8 Å². The van der Waals surface area contributed by atoms with Crippen LogP contribution in [0.3, 0.4) is 0 Å². The maximum Gasteiger partial charge on any atom is 0.268 e. The fraction of sp³-hybridized carbons (Fsp3) is 0.188. The number of aromatic nitrogens is 1. The second-order valence-electron chi connectivity index (χ2n) is 4.98. The molecule has 0 saturated heterocycles. The number of guanidine groups is 1. The Kier molecular flexibility index (Phi) is 6.02. The molecule has 1 aromatic heterocycles. The molecule has 1 radical (unpaired) electrons. The van der Waals surface area contributed by atoms with Crippen LogP contribution in [0.5, 0.6) is 0 Å². The lowest BCUT2D eigenvalue weighted by Gasteiger charge is -2.01. The number of primary amides is 1. The van der Waals surface area contributed by atoms with Crippen molar-refractivity contribution in [3.05, 3.63) is 47.5 Å². The highest BCUT2D eigenvalue weighted by Crippen LogP contribution is 2.30. The van der Waals surface area contributed by atoms with E-state index in [1.54, 1.807) is 0 Å². The normalized spacial score (nSPS) is 10.3. The number of thiazole rings is 1. The van der Waals surface area contributed by atoms with E-state index in [9.17, 15) is 9.59 Å². The van der Waals surface area contributed by atoms with Crippen molar-refractivity contribution in [1.82, 2.24) is 10.3 Å². The van der Waals surface area contributed by atoms with Crippen molar-refractivity contribution >= 4 is 29.0 Å². The van der Waals surface area contributed by atoms with Crippen molar-refractivity contribution in [3.63, 3.8) is 0 Å². The largest absolute Gasteiger partial charge is 0.370 e. The molecule has 0 aliphatic carbocycles. The first-order chi connectivity index (χ1) is 11.5. The standard InChI is InChI=1S/C16H18N5O2S/c17-14(23)12-13(10-6-2-1-3-7-10)24-15(21-12)11(22)8-4-5-9-20-16(18)19/h1-3,6-8H,4-5,9H2,(H2,17,23)(H4,18,19,20). The minimum atomic E-state index is -0.658. The van der Waals surface area contributed by atoms with Crippen LogP contribution in [0.1, 0.15) is 33.1 Å². The number of nitrogens with one attached hydrogen (secondary N) is 2. The smallest absolute Gasteiger partial charge is 0.268 e. The topological polar surface area (TPSA) is 135 Å². The Morgan fingerprint density at radius 1 is 1.25 bits per heavy atom. The fourth-order valence-corrected chi connectivity index (χ4v) is 3.03. The highest BCUT2D eigenvalue weighted by molar-refractivity contribution is 7.17. The van der Waals surface area contributed by atoms with Gasteiger partial charge in [-0.2, -0.15) is 0 Å². The van der Waals surface area contributed by atoms with Crippen LogP contribution in [0.25, 0.3) is 10.4 Å². The van der Waals surface area contributed by atoms with E-state index in [4.69, 9.17) is 16.9 Å². The van der Waals surface area contributed by atoms with Gasteiger partial charge in [-0.1, -0.05) is 30.3 Å². The molecule has 0 aliphatic heterocycles. The van der Waals surface area contributed by atoms with Gasteiger partial charge >= 0.3 is 0 Å². The van der Waals surface area contributed by atoms with Crippen molar-refractivity contribution in [2.75, 3.05) is 6.54 Å². The number of rotatable bonds is 8. The Labute approximate surface area is 143 Å². The van der Waals surface area contributed by atoms with E-state index in [1.807, 2.05) is 30.3 Å². The number of nitrogens with zero attached hydrogens (tertiary/aromatic N) is 1. The molecule has 24 heavy (non-hydrogen) atoms. The molecule has 1 amide bonds. The Hall–Kier alpha value is -2.74. The predicted molar refractivity (Wildman–Crippen MR) is 93.8 cm³/mol. The van der Waals surface area contributed by atoms with E-state index in [-0.39, 0.29) is 22.4 Å². The van der Waals surface area contributed by atoms with Gasteiger partial charge in [-0.05, 0) is 18.4 Å². The summed E-state index contributed by atoms with van der Waals surface area (Å²) < 4.78 is 0. The molecule has 6 N–H and O–H groups in total. The lowest BCUT2D eigenvalue weighted by atomic mass is 10.1. The number of benzene rings is 1. The van der Waals surface area contributed by atoms with E-state index in [1.165, 1.54) is 6.42 Å². The van der Waals surface area contributed by atoms with Gasteiger partial charge in [0.05, 0.1) is 4.88 Å². The molecule has 1 aromatic carbocycles. The van der Waals surface area contributed by atoms with Gasteiger partial charge in [-0.3, -0.25) is 15.0 Å². The monoisotopic (exact) mass is 344 g/mol. The quantitative estimate of drug-likeness (QED) is 0.249. The molecule has 0 atom stereocenters. The number of amides is 1. The molecular formula is C16H18N5O2S. The number of carbonyl (C=O) groups is 2. The molecule has 0 unspecified atom stereocenters. The summed E-state index contributed by atoms with van der Waals surface area (Å²) in [7, 11) is 0. The molecule has 0 saturated carbocycles. The Morgan fingerprint density at radius 3 is 2.58 bits per heavy atom. The first-order valence-electron chi connectivity index (χ1n) is 7.30. The number of carbonyl (C=O) groups excluding carboxylic acids is 2. The number of nitrogens with two attached hydrogens (primary N) is 2. The fourth-order valence-electron chi connectivity index (χ4n) is 2.02. The number of unbranched alkanes of at least 4 members (excludes halogenated alkanes) is 1. The van der Waals surface area contributed by atoms with Gasteiger partial charge in [0.25, 0.3) is 5.91 Å². The first kappa shape index (κ1) is 17.6. The van der Waals surface area contributed by atoms with E-state index >= 15 is 0 Å². The van der Waals surface area contributed by atoms with Crippen LogP contribution in [0.15, 0.2) is 30.3 Å². The van der Waals surface area contributed by atoms with E-state index in [0.717, 1.165) is 16.9 Å². The molecule has 1 heterocycles. The molecular weight excluding hydrogens is 326 g/mol. The molecule has 2 aromatic rings. The molecule has 125 valence electrons. The Morgan fingerprint density at radius 2 is 1.96 bits per heavy atom. The third-order valence-electron chi connectivity index (χ3n) is 3.13. The lowest BCUT2D eigenvalue weighted by Crippen LogP contribution is -2.30. The van der Waals surface area contributed by atoms with Crippen LogP contribution >= 0.6 is 11.3 Å². The van der Waals surface area contributed by atoms with E-state index < -0.39 is 5.91 Å². The maximum absolute atomic E-state index is 12.2. The highest BCUT2D eigenvalue weighted by Gasteiger charge is 2.20. The Balaban J connectivity index is 2.07. The average Bonchev–Trinajstić information content (AvgIpc) is 3.00. The van der Waals surface area contributed by atoms with Gasteiger partial charge in [0.1, 0.15) is 5.69 Å². The van der Waals surface area contributed by atoms with Crippen molar-refractivity contribution < 1.29 is 9.59 Å². The molecule has 7 nitrogen and oxygen atoms in total. The second kappa shape index (κ2) is 8.21. The summed E-state index contributed by atoms with van der Waals surface area (Å²) in [5.41, 5.74) is 11.5. The van der Waals surface area contributed by atoms with Gasteiger partial charge < -0.3 is 16.8 Å². The zero-order chi connectivity index (χ0) is 17.5. The number of hydrogen-bond donors (Lipinski definition) is 4. The van der Waals surface area contributed by atoms with Gasteiger partial charge in [-0.15, -0.1) is 11.3 Å². The van der Waals surface area contributed by atoms with Crippen LogP contribution in [0.2, 0.25) is 0 Å². The number of hydrogen-bond acceptors (Lipinski definition) is 5. The van der Waals surface area contributed by atoms with Crippen LogP contribution in [0, 0.1) is 11.8 Å².